The molecule has 1 amide bonds. The number of amides is 1. The summed E-state index contributed by atoms with van der Waals surface area (Å²) in [4.78, 5) is 14.3. The molecule has 2 N–H and O–H groups in total. The molecule has 0 bridgehead atoms. The lowest BCUT2D eigenvalue weighted by Crippen LogP contribution is -2.38. The number of rotatable bonds is 12. The number of likely N-dealkylation sites (N-methyl/N-ethyl adjacent to an activating group) is 1. The Morgan fingerprint density at radius 2 is 1.73 bits per heavy atom. The number of hydrogen-bond donors (Lipinski definition) is 2. The number of sulfonamides is 1. The summed E-state index contributed by atoms with van der Waals surface area (Å²) in [6.45, 7) is 6.84. The largest absolute Gasteiger partial charge is 0.493 e. The summed E-state index contributed by atoms with van der Waals surface area (Å²) >= 11 is 0. The van der Waals surface area contributed by atoms with Crippen LogP contribution in [-0.4, -0.2) is 71.9 Å². The van der Waals surface area contributed by atoms with Gasteiger partial charge in [0.15, 0.2) is 11.5 Å². The Kier molecular flexibility index (Phi) is 9.39. The van der Waals surface area contributed by atoms with Gasteiger partial charge < -0.3 is 19.7 Å². The number of nitrogens with zero attached hydrogens (tertiary/aromatic N) is 1. The lowest BCUT2D eigenvalue weighted by Gasteiger charge is -2.18. The zero-order valence-electron chi connectivity index (χ0n) is 15.9. The molecule has 0 aliphatic heterocycles. The van der Waals surface area contributed by atoms with E-state index in [1.807, 2.05) is 13.8 Å². The van der Waals surface area contributed by atoms with Crippen molar-refractivity contribution in [2.45, 2.75) is 13.8 Å². The molecule has 0 radical (unpaired) electrons. The van der Waals surface area contributed by atoms with E-state index in [1.165, 1.54) is 14.2 Å². The van der Waals surface area contributed by atoms with Gasteiger partial charge in [-0.05, 0) is 31.3 Å². The SMILES string of the molecule is CCN(CC)CCNS(=O)(=O)CCNC(=O)c1ccc(OC)c(OC)c1. The normalized spacial score (nSPS) is 11.4. The zero-order chi connectivity index (χ0) is 19.6. The number of benzene rings is 1. The minimum Gasteiger partial charge on any atom is -0.493 e. The van der Waals surface area contributed by atoms with E-state index in [2.05, 4.69) is 14.9 Å². The van der Waals surface area contributed by atoms with Gasteiger partial charge in [-0.15, -0.1) is 0 Å². The second kappa shape index (κ2) is 11.0. The summed E-state index contributed by atoms with van der Waals surface area (Å²) in [5.74, 6) is 0.406. The molecule has 0 fully saturated rings. The maximum absolute atomic E-state index is 12.1. The van der Waals surface area contributed by atoms with E-state index < -0.39 is 10.0 Å². The van der Waals surface area contributed by atoms with Crippen molar-refractivity contribution < 1.29 is 22.7 Å². The third kappa shape index (κ3) is 7.19. The first-order chi connectivity index (χ1) is 12.4. The molecule has 1 aromatic carbocycles. The predicted molar refractivity (Wildman–Crippen MR) is 101 cm³/mol. The Labute approximate surface area is 155 Å². The molecule has 0 aliphatic carbocycles. The predicted octanol–water partition coefficient (Wildman–Crippen LogP) is 0.695. The highest BCUT2D eigenvalue weighted by molar-refractivity contribution is 7.89. The molecular weight excluding hydrogens is 358 g/mol. The van der Waals surface area contributed by atoms with Crippen LogP contribution in [0.2, 0.25) is 0 Å². The summed E-state index contributed by atoms with van der Waals surface area (Å²) in [6, 6.07) is 4.76. The number of ether oxygens (including phenoxy) is 2. The molecular formula is C17H29N3O5S. The number of hydrogen-bond acceptors (Lipinski definition) is 6. The second-order valence-electron chi connectivity index (χ2n) is 5.57. The van der Waals surface area contributed by atoms with Crippen molar-refractivity contribution in [3.8, 4) is 11.5 Å². The van der Waals surface area contributed by atoms with Crippen molar-refractivity contribution >= 4 is 15.9 Å². The summed E-state index contributed by atoms with van der Waals surface area (Å²) in [7, 11) is -0.439. The van der Waals surface area contributed by atoms with Crippen molar-refractivity contribution in [1.82, 2.24) is 14.9 Å². The van der Waals surface area contributed by atoms with Crippen molar-refractivity contribution in [3.05, 3.63) is 23.8 Å². The van der Waals surface area contributed by atoms with Crippen LogP contribution < -0.4 is 19.5 Å². The first-order valence-corrected chi connectivity index (χ1v) is 10.2. The monoisotopic (exact) mass is 387 g/mol. The smallest absolute Gasteiger partial charge is 0.251 e. The van der Waals surface area contributed by atoms with Crippen LogP contribution >= 0.6 is 0 Å². The Hall–Kier alpha value is -1.84. The molecule has 1 aromatic rings. The van der Waals surface area contributed by atoms with Crippen molar-refractivity contribution in [2.24, 2.45) is 0 Å². The van der Waals surface area contributed by atoms with Crippen LogP contribution in [0.5, 0.6) is 11.5 Å². The Balaban J connectivity index is 2.47. The highest BCUT2D eigenvalue weighted by atomic mass is 32.2. The molecule has 1 rings (SSSR count). The molecule has 0 saturated heterocycles. The summed E-state index contributed by atoms with van der Waals surface area (Å²) in [5.41, 5.74) is 0.370. The number of methoxy groups -OCH3 is 2. The highest BCUT2D eigenvalue weighted by Gasteiger charge is 2.13. The van der Waals surface area contributed by atoms with Gasteiger partial charge in [-0.25, -0.2) is 13.1 Å². The standard InChI is InChI=1S/C17H29N3O5S/c1-5-20(6-2)11-9-19-26(22,23)12-10-18-17(21)14-7-8-15(24-3)16(13-14)25-4/h7-8,13,19H,5-6,9-12H2,1-4H3,(H,18,21). The molecule has 0 heterocycles. The van der Waals surface area contributed by atoms with Crippen LogP contribution in [0.1, 0.15) is 24.2 Å². The molecule has 0 unspecified atom stereocenters. The molecule has 8 nitrogen and oxygen atoms in total. The topological polar surface area (TPSA) is 97.0 Å². The van der Waals surface area contributed by atoms with Gasteiger partial charge in [-0.3, -0.25) is 4.79 Å². The van der Waals surface area contributed by atoms with Crippen molar-refractivity contribution in [2.75, 3.05) is 52.7 Å². The Morgan fingerprint density at radius 1 is 1.08 bits per heavy atom. The molecule has 0 spiro atoms. The van der Waals surface area contributed by atoms with E-state index in [1.54, 1.807) is 18.2 Å². The fourth-order valence-electron chi connectivity index (χ4n) is 2.35. The fourth-order valence-corrected chi connectivity index (χ4v) is 3.27. The lowest BCUT2D eigenvalue weighted by atomic mass is 10.2. The van der Waals surface area contributed by atoms with Crippen LogP contribution in [0.25, 0.3) is 0 Å². The minimum absolute atomic E-state index is 0.0216. The molecule has 148 valence electrons. The van der Waals surface area contributed by atoms with Crippen LogP contribution in [0.3, 0.4) is 0 Å². The molecule has 0 atom stereocenters. The average molecular weight is 388 g/mol. The first kappa shape index (κ1) is 22.2. The number of nitrogens with one attached hydrogen (secondary N) is 2. The number of carbonyl (C=O) groups is 1. The van der Waals surface area contributed by atoms with Gasteiger partial charge in [0.1, 0.15) is 0 Å². The quantitative estimate of drug-likeness (QED) is 0.548. The van der Waals surface area contributed by atoms with Gasteiger partial charge in [0, 0.05) is 25.2 Å². The van der Waals surface area contributed by atoms with Gasteiger partial charge in [0.05, 0.1) is 20.0 Å². The first-order valence-electron chi connectivity index (χ1n) is 8.56. The third-order valence-corrected chi connectivity index (χ3v) is 5.33. The molecule has 26 heavy (non-hydrogen) atoms. The van der Waals surface area contributed by atoms with E-state index in [0.29, 0.717) is 30.2 Å². The van der Waals surface area contributed by atoms with Crippen LogP contribution in [0.4, 0.5) is 0 Å². The maximum atomic E-state index is 12.1. The van der Waals surface area contributed by atoms with E-state index in [0.717, 1.165) is 13.1 Å². The minimum atomic E-state index is -3.43. The highest BCUT2D eigenvalue weighted by Crippen LogP contribution is 2.27. The lowest BCUT2D eigenvalue weighted by molar-refractivity contribution is 0.0955. The van der Waals surface area contributed by atoms with E-state index in [9.17, 15) is 13.2 Å². The van der Waals surface area contributed by atoms with Crippen molar-refractivity contribution in [1.29, 1.82) is 0 Å². The van der Waals surface area contributed by atoms with E-state index >= 15 is 0 Å². The third-order valence-electron chi connectivity index (χ3n) is 3.95. The molecule has 0 saturated carbocycles. The van der Waals surface area contributed by atoms with Crippen LogP contribution in [0.15, 0.2) is 18.2 Å². The zero-order valence-corrected chi connectivity index (χ0v) is 16.7. The Bertz CT molecular complexity index is 675. The summed E-state index contributed by atoms with van der Waals surface area (Å²) in [6.07, 6.45) is 0. The van der Waals surface area contributed by atoms with Gasteiger partial charge in [0.2, 0.25) is 10.0 Å². The van der Waals surface area contributed by atoms with Gasteiger partial charge in [-0.2, -0.15) is 0 Å². The van der Waals surface area contributed by atoms with Crippen molar-refractivity contribution in [3.63, 3.8) is 0 Å². The van der Waals surface area contributed by atoms with Crippen LogP contribution in [0, 0.1) is 0 Å². The van der Waals surface area contributed by atoms with E-state index in [-0.39, 0.29) is 18.2 Å². The second-order valence-corrected chi connectivity index (χ2v) is 7.49. The molecule has 0 aromatic heterocycles. The average Bonchev–Trinajstić information content (AvgIpc) is 2.64. The molecule has 9 heteroatoms. The Morgan fingerprint density at radius 3 is 2.31 bits per heavy atom. The van der Waals surface area contributed by atoms with Gasteiger partial charge in [0.25, 0.3) is 5.91 Å². The summed E-state index contributed by atoms with van der Waals surface area (Å²) in [5, 5.41) is 2.60. The fraction of sp³-hybridized carbons (Fsp3) is 0.588. The van der Waals surface area contributed by atoms with E-state index in [4.69, 9.17) is 9.47 Å². The molecule has 0 aliphatic rings. The number of carbonyl (C=O) groups excluding carboxylic acids is 1. The van der Waals surface area contributed by atoms with Gasteiger partial charge >= 0.3 is 0 Å². The van der Waals surface area contributed by atoms with Crippen LogP contribution in [-0.2, 0) is 10.0 Å². The summed E-state index contributed by atoms with van der Waals surface area (Å²) < 4.78 is 36.8. The van der Waals surface area contributed by atoms with Gasteiger partial charge in [-0.1, -0.05) is 13.8 Å². The maximum Gasteiger partial charge on any atom is 0.251 e.